The predicted molar refractivity (Wildman–Crippen MR) is 83.4 cm³/mol. The van der Waals surface area contributed by atoms with Crippen LogP contribution in [0.2, 0.25) is 5.02 Å². The van der Waals surface area contributed by atoms with E-state index in [1.165, 1.54) is 17.4 Å². The van der Waals surface area contributed by atoms with Crippen molar-refractivity contribution in [3.05, 3.63) is 28.5 Å². The van der Waals surface area contributed by atoms with E-state index >= 15 is 0 Å². The Morgan fingerprint density at radius 2 is 1.90 bits per heavy atom. The number of rotatable bonds is 5. The van der Waals surface area contributed by atoms with E-state index in [1.54, 1.807) is 7.05 Å². The van der Waals surface area contributed by atoms with Gasteiger partial charge in [0, 0.05) is 20.1 Å². The number of hydrogen-bond acceptors (Lipinski definition) is 3. The highest BCUT2D eigenvalue weighted by Gasteiger charge is 2.26. The maximum Gasteiger partial charge on any atom is 0.242 e. The molecule has 1 rings (SSSR count). The number of halogens is 2. The van der Waals surface area contributed by atoms with Gasteiger partial charge in [-0.1, -0.05) is 32.4 Å². The lowest BCUT2D eigenvalue weighted by atomic mass is 9.97. The quantitative estimate of drug-likeness (QED) is 0.899. The van der Waals surface area contributed by atoms with Crippen LogP contribution in [0, 0.1) is 11.2 Å². The van der Waals surface area contributed by atoms with E-state index in [-0.39, 0.29) is 15.3 Å². The topological polar surface area (TPSA) is 49.4 Å². The summed E-state index contributed by atoms with van der Waals surface area (Å²) >= 11 is 5.86. The molecule has 0 atom stereocenters. The normalized spacial score (nSPS) is 13.0. The van der Waals surface area contributed by atoms with Crippen molar-refractivity contribution >= 4 is 21.6 Å². The van der Waals surface area contributed by atoms with Gasteiger partial charge in [0.05, 0.1) is 9.92 Å². The minimum absolute atomic E-state index is 0.0539. The molecule has 0 saturated carbocycles. The lowest BCUT2D eigenvalue weighted by Gasteiger charge is -2.26. The summed E-state index contributed by atoms with van der Waals surface area (Å²) in [5, 5.41) is 2.78. The third-order valence-electron chi connectivity index (χ3n) is 2.85. The van der Waals surface area contributed by atoms with E-state index in [4.69, 9.17) is 11.6 Å². The number of hydrogen-bond donors (Lipinski definition) is 1. The average Bonchev–Trinajstić information content (AvgIpc) is 2.32. The Morgan fingerprint density at radius 1 is 1.33 bits per heavy atom. The first-order valence-electron chi connectivity index (χ1n) is 6.58. The molecule has 0 bridgehead atoms. The van der Waals surface area contributed by atoms with Gasteiger partial charge in [0.2, 0.25) is 10.0 Å². The maximum absolute atomic E-state index is 13.9. The largest absolute Gasteiger partial charge is 0.316 e. The number of nitrogens with one attached hydrogen (secondary N) is 1. The summed E-state index contributed by atoms with van der Waals surface area (Å²) < 4.78 is 40.1. The Kier molecular flexibility index (Phi) is 5.77. The lowest BCUT2D eigenvalue weighted by Crippen LogP contribution is -2.34. The molecule has 0 fully saturated rings. The lowest BCUT2D eigenvalue weighted by molar-refractivity contribution is 0.310. The van der Waals surface area contributed by atoms with Crippen molar-refractivity contribution in [1.82, 2.24) is 9.62 Å². The molecule has 1 aromatic carbocycles. The molecule has 4 nitrogen and oxygen atoms in total. The molecule has 0 aliphatic heterocycles. The summed E-state index contributed by atoms with van der Waals surface area (Å²) in [5.74, 6) is -0.729. The van der Waals surface area contributed by atoms with Crippen LogP contribution >= 0.6 is 11.6 Å². The summed E-state index contributed by atoms with van der Waals surface area (Å²) in [5.41, 5.74) is 0.225. The number of benzene rings is 1. The van der Waals surface area contributed by atoms with Crippen LogP contribution in [0.15, 0.2) is 17.0 Å². The van der Waals surface area contributed by atoms with Gasteiger partial charge in [-0.15, -0.1) is 0 Å². The zero-order chi connectivity index (χ0) is 16.4. The van der Waals surface area contributed by atoms with Crippen molar-refractivity contribution in [1.29, 1.82) is 0 Å². The van der Waals surface area contributed by atoms with Crippen LogP contribution in [0.3, 0.4) is 0 Å². The molecule has 0 heterocycles. The monoisotopic (exact) mass is 336 g/mol. The van der Waals surface area contributed by atoms with Crippen LogP contribution in [0.5, 0.6) is 0 Å². The van der Waals surface area contributed by atoms with E-state index in [0.29, 0.717) is 18.7 Å². The van der Waals surface area contributed by atoms with Gasteiger partial charge in [-0.3, -0.25) is 0 Å². The zero-order valence-corrected chi connectivity index (χ0v) is 14.6. The molecule has 0 aliphatic carbocycles. The molecule has 1 aromatic rings. The fourth-order valence-electron chi connectivity index (χ4n) is 2.02. The molecule has 0 unspecified atom stereocenters. The Hall–Kier alpha value is -0.690. The minimum atomic E-state index is -3.75. The van der Waals surface area contributed by atoms with Crippen molar-refractivity contribution in [3.8, 4) is 0 Å². The van der Waals surface area contributed by atoms with E-state index < -0.39 is 15.8 Å². The smallest absolute Gasteiger partial charge is 0.242 e. The highest BCUT2D eigenvalue weighted by Crippen LogP contribution is 2.27. The molecule has 0 radical (unpaired) electrons. The Morgan fingerprint density at radius 3 is 2.38 bits per heavy atom. The molecule has 21 heavy (non-hydrogen) atoms. The van der Waals surface area contributed by atoms with Crippen molar-refractivity contribution in [2.24, 2.45) is 5.41 Å². The SMILES string of the molecule is CNCc1cc(S(=O)(=O)N(C)CC(C)(C)C)cc(F)c1Cl. The summed E-state index contributed by atoms with van der Waals surface area (Å²) in [6.45, 7) is 6.44. The van der Waals surface area contributed by atoms with Gasteiger partial charge in [0.1, 0.15) is 5.82 Å². The summed E-state index contributed by atoms with van der Waals surface area (Å²) in [6.07, 6.45) is 0. The Labute approximate surface area is 131 Å². The molecular weight excluding hydrogens is 315 g/mol. The molecule has 0 spiro atoms. The third kappa shape index (κ3) is 4.64. The maximum atomic E-state index is 13.9. The predicted octanol–water partition coefficient (Wildman–Crippen LogP) is 2.87. The van der Waals surface area contributed by atoms with Gasteiger partial charge in [-0.2, -0.15) is 0 Å². The molecule has 120 valence electrons. The van der Waals surface area contributed by atoms with Crippen molar-refractivity contribution < 1.29 is 12.8 Å². The van der Waals surface area contributed by atoms with Gasteiger partial charge in [-0.05, 0) is 30.2 Å². The van der Waals surface area contributed by atoms with Crippen LogP contribution < -0.4 is 5.32 Å². The second kappa shape index (κ2) is 6.60. The molecule has 7 heteroatoms. The zero-order valence-electron chi connectivity index (χ0n) is 13.0. The minimum Gasteiger partial charge on any atom is -0.316 e. The van der Waals surface area contributed by atoms with Crippen LogP contribution in [-0.4, -0.2) is 33.4 Å². The Balaban J connectivity index is 3.26. The second-order valence-electron chi connectivity index (χ2n) is 6.23. The van der Waals surface area contributed by atoms with Crippen molar-refractivity contribution in [3.63, 3.8) is 0 Å². The second-order valence-corrected chi connectivity index (χ2v) is 8.65. The number of nitrogens with zero attached hydrogens (tertiary/aromatic N) is 1. The van der Waals surface area contributed by atoms with Gasteiger partial charge in [-0.25, -0.2) is 17.1 Å². The molecule has 1 N–H and O–H groups in total. The highest BCUT2D eigenvalue weighted by atomic mass is 35.5. The standard InChI is InChI=1S/C14H22ClFN2O2S/c1-14(2,3)9-18(5)21(19,20)11-6-10(8-17-4)13(15)12(16)7-11/h6-7,17H,8-9H2,1-5H3. The summed E-state index contributed by atoms with van der Waals surface area (Å²) in [4.78, 5) is -0.0820. The average molecular weight is 337 g/mol. The third-order valence-corrected chi connectivity index (χ3v) is 5.05. The summed E-state index contributed by atoms with van der Waals surface area (Å²) in [7, 11) is -0.573. The van der Waals surface area contributed by atoms with Crippen LogP contribution in [0.25, 0.3) is 0 Å². The van der Waals surface area contributed by atoms with Crippen LogP contribution in [-0.2, 0) is 16.6 Å². The van der Waals surface area contributed by atoms with E-state index in [0.717, 1.165) is 6.07 Å². The first-order chi connectivity index (χ1) is 9.49. The molecular formula is C14H22ClFN2O2S. The first kappa shape index (κ1) is 18.4. The number of sulfonamides is 1. The summed E-state index contributed by atoms with van der Waals surface area (Å²) in [6, 6.07) is 2.38. The van der Waals surface area contributed by atoms with Gasteiger partial charge < -0.3 is 5.32 Å². The molecule has 0 aliphatic rings. The van der Waals surface area contributed by atoms with Gasteiger partial charge in [0.15, 0.2) is 0 Å². The molecule has 0 aromatic heterocycles. The van der Waals surface area contributed by atoms with E-state index in [9.17, 15) is 12.8 Å². The van der Waals surface area contributed by atoms with Crippen LogP contribution in [0.1, 0.15) is 26.3 Å². The van der Waals surface area contributed by atoms with Gasteiger partial charge in [0.25, 0.3) is 0 Å². The fraction of sp³-hybridized carbons (Fsp3) is 0.571. The highest BCUT2D eigenvalue weighted by molar-refractivity contribution is 7.89. The fourth-order valence-corrected chi connectivity index (χ4v) is 3.66. The van der Waals surface area contributed by atoms with Crippen LogP contribution in [0.4, 0.5) is 4.39 Å². The van der Waals surface area contributed by atoms with E-state index in [2.05, 4.69) is 5.32 Å². The molecule has 0 saturated heterocycles. The molecule has 0 amide bonds. The first-order valence-corrected chi connectivity index (χ1v) is 8.39. The van der Waals surface area contributed by atoms with E-state index in [1.807, 2.05) is 20.8 Å². The Bertz CT molecular complexity index is 612. The van der Waals surface area contributed by atoms with Gasteiger partial charge >= 0.3 is 0 Å². The van der Waals surface area contributed by atoms with Crippen molar-refractivity contribution in [2.45, 2.75) is 32.2 Å². The van der Waals surface area contributed by atoms with Crippen molar-refractivity contribution in [2.75, 3.05) is 20.6 Å².